The Labute approximate surface area is 171 Å². The quantitative estimate of drug-likeness (QED) is 0.643. The number of carbonyl (C=O) groups is 2. The SMILES string of the molecule is Cc1cc(Br)ccc1NC(=O)CNC(=O)c1c2c(nc3ccccc13)CCC2. The molecular weight excluding hydrogens is 418 g/mol. The van der Waals surface area contributed by atoms with E-state index in [1.165, 1.54) is 0 Å². The van der Waals surface area contributed by atoms with Gasteiger partial charge in [0.15, 0.2) is 0 Å². The number of halogens is 1. The second-order valence-corrected chi connectivity index (χ2v) is 7.89. The third-order valence-electron chi connectivity index (χ3n) is 5.02. The van der Waals surface area contributed by atoms with Gasteiger partial charge in [0.1, 0.15) is 0 Å². The maximum absolute atomic E-state index is 13.0. The van der Waals surface area contributed by atoms with Crippen molar-refractivity contribution in [1.29, 1.82) is 0 Å². The number of carbonyl (C=O) groups excluding carboxylic acids is 2. The molecule has 1 heterocycles. The molecule has 0 fully saturated rings. The molecule has 0 saturated heterocycles. The minimum absolute atomic E-state index is 0.0836. The van der Waals surface area contributed by atoms with Crippen LogP contribution in [-0.2, 0) is 17.6 Å². The molecule has 1 aliphatic carbocycles. The summed E-state index contributed by atoms with van der Waals surface area (Å²) in [4.78, 5) is 30.0. The van der Waals surface area contributed by atoms with Crippen LogP contribution in [0.5, 0.6) is 0 Å². The number of benzene rings is 2. The number of nitrogens with zero attached hydrogens (tertiary/aromatic N) is 1. The second kappa shape index (κ2) is 7.72. The Morgan fingerprint density at radius 2 is 1.96 bits per heavy atom. The number of pyridine rings is 1. The summed E-state index contributed by atoms with van der Waals surface area (Å²) in [5.74, 6) is -0.479. The summed E-state index contributed by atoms with van der Waals surface area (Å²) < 4.78 is 0.953. The van der Waals surface area contributed by atoms with Crippen LogP contribution >= 0.6 is 15.9 Å². The Balaban J connectivity index is 1.52. The van der Waals surface area contributed by atoms with Crippen molar-refractivity contribution < 1.29 is 9.59 Å². The van der Waals surface area contributed by atoms with Crippen molar-refractivity contribution in [2.45, 2.75) is 26.2 Å². The van der Waals surface area contributed by atoms with E-state index < -0.39 is 0 Å². The molecule has 0 unspecified atom stereocenters. The van der Waals surface area contributed by atoms with E-state index in [-0.39, 0.29) is 18.4 Å². The van der Waals surface area contributed by atoms with Gasteiger partial charge in [-0.2, -0.15) is 0 Å². The first-order valence-electron chi connectivity index (χ1n) is 9.27. The molecule has 1 aliphatic rings. The van der Waals surface area contributed by atoms with Gasteiger partial charge in [-0.1, -0.05) is 34.1 Å². The number of hydrogen-bond donors (Lipinski definition) is 2. The fourth-order valence-electron chi connectivity index (χ4n) is 3.68. The number of aromatic nitrogens is 1. The van der Waals surface area contributed by atoms with Gasteiger partial charge >= 0.3 is 0 Å². The molecule has 28 heavy (non-hydrogen) atoms. The number of para-hydroxylation sites is 1. The van der Waals surface area contributed by atoms with Crippen molar-refractivity contribution in [1.82, 2.24) is 10.3 Å². The Kier molecular flexibility index (Phi) is 5.13. The molecular formula is C22H20BrN3O2. The highest BCUT2D eigenvalue weighted by molar-refractivity contribution is 9.10. The number of anilines is 1. The van der Waals surface area contributed by atoms with Crippen molar-refractivity contribution in [3.05, 3.63) is 69.3 Å². The molecule has 0 radical (unpaired) electrons. The standard InChI is InChI=1S/C22H20BrN3O2/c1-13-11-14(23)9-10-17(13)26-20(27)12-24-22(28)21-15-5-2-3-7-18(15)25-19-8-4-6-16(19)21/h2-3,5,7,9-11H,4,6,8,12H2,1H3,(H,24,28)(H,26,27). The predicted octanol–water partition coefficient (Wildman–Crippen LogP) is 4.16. The third kappa shape index (κ3) is 3.64. The van der Waals surface area contributed by atoms with Crippen LogP contribution in [-0.4, -0.2) is 23.3 Å². The lowest BCUT2D eigenvalue weighted by Crippen LogP contribution is -2.33. The molecule has 3 aromatic rings. The average Bonchev–Trinajstić information content (AvgIpc) is 3.14. The molecule has 142 valence electrons. The molecule has 0 bridgehead atoms. The highest BCUT2D eigenvalue weighted by Crippen LogP contribution is 2.29. The van der Waals surface area contributed by atoms with Crippen molar-refractivity contribution >= 4 is 44.3 Å². The lowest BCUT2D eigenvalue weighted by atomic mass is 10.0. The van der Waals surface area contributed by atoms with Crippen LogP contribution in [0.25, 0.3) is 10.9 Å². The average molecular weight is 438 g/mol. The Hall–Kier alpha value is -2.73. The second-order valence-electron chi connectivity index (χ2n) is 6.97. The zero-order chi connectivity index (χ0) is 19.7. The molecule has 1 aromatic heterocycles. The van der Waals surface area contributed by atoms with Gasteiger partial charge in [-0.15, -0.1) is 0 Å². The highest BCUT2D eigenvalue weighted by atomic mass is 79.9. The fraction of sp³-hybridized carbons (Fsp3) is 0.227. The van der Waals surface area contributed by atoms with Crippen LogP contribution in [0.4, 0.5) is 5.69 Å². The topological polar surface area (TPSA) is 71.1 Å². The van der Waals surface area contributed by atoms with E-state index in [0.29, 0.717) is 5.56 Å². The molecule has 6 heteroatoms. The van der Waals surface area contributed by atoms with Gasteiger partial charge in [0, 0.05) is 21.2 Å². The van der Waals surface area contributed by atoms with Crippen LogP contribution in [0.15, 0.2) is 46.9 Å². The molecule has 2 amide bonds. The molecule has 0 saturated carbocycles. The van der Waals surface area contributed by atoms with Crippen molar-refractivity contribution in [3.63, 3.8) is 0 Å². The van der Waals surface area contributed by atoms with Gasteiger partial charge < -0.3 is 10.6 Å². The number of rotatable bonds is 4. The maximum atomic E-state index is 13.0. The van der Waals surface area contributed by atoms with Crippen LogP contribution in [0.1, 0.15) is 33.6 Å². The first-order chi connectivity index (χ1) is 13.5. The number of hydrogen-bond acceptors (Lipinski definition) is 3. The summed E-state index contributed by atoms with van der Waals surface area (Å²) >= 11 is 3.41. The largest absolute Gasteiger partial charge is 0.343 e. The van der Waals surface area contributed by atoms with Gasteiger partial charge in [0.2, 0.25) is 5.91 Å². The smallest absolute Gasteiger partial charge is 0.252 e. The molecule has 0 atom stereocenters. The van der Waals surface area contributed by atoms with Gasteiger partial charge in [0.25, 0.3) is 5.91 Å². The fourth-order valence-corrected chi connectivity index (χ4v) is 4.16. The molecule has 2 N–H and O–H groups in total. The zero-order valence-electron chi connectivity index (χ0n) is 15.5. The summed E-state index contributed by atoms with van der Waals surface area (Å²) in [7, 11) is 0. The van der Waals surface area contributed by atoms with Crippen LogP contribution in [0, 0.1) is 6.92 Å². The zero-order valence-corrected chi connectivity index (χ0v) is 17.1. The molecule has 2 aromatic carbocycles. The summed E-state index contributed by atoms with van der Waals surface area (Å²) in [6, 6.07) is 13.3. The van der Waals surface area contributed by atoms with E-state index in [4.69, 9.17) is 4.98 Å². The highest BCUT2D eigenvalue weighted by Gasteiger charge is 2.23. The minimum atomic E-state index is -0.256. The van der Waals surface area contributed by atoms with Gasteiger partial charge in [-0.05, 0) is 61.6 Å². The monoisotopic (exact) mass is 437 g/mol. The maximum Gasteiger partial charge on any atom is 0.252 e. The minimum Gasteiger partial charge on any atom is -0.343 e. The molecule has 4 rings (SSSR count). The van der Waals surface area contributed by atoms with Gasteiger partial charge in [-0.3, -0.25) is 14.6 Å². The van der Waals surface area contributed by atoms with Gasteiger partial charge in [0.05, 0.1) is 17.6 Å². The van der Waals surface area contributed by atoms with E-state index in [0.717, 1.165) is 57.1 Å². The summed E-state index contributed by atoms with van der Waals surface area (Å²) in [5, 5.41) is 6.47. The van der Waals surface area contributed by atoms with Crippen molar-refractivity contribution in [3.8, 4) is 0 Å². The normalized spacial score (nSPS) is 12.6. The first-order valence-corrected chi connectivity index (χ1v) is 10.1. The molecule has 0 spiro atoms. The number of aryl methyl sites for hydroxylation is 2. The third-order valence-corrected chi connectivity index (χ3v) is 5.51. The van der Waals surface area contributed by atoms with Crippen molar-refractivity contribution in [2.75, 3.05) is 11.9 Å². The van der Waals surface area contributed by atoms with E-state index in [1.807, 2.05) is 49.4 Å². The van der Waals surface area contributed by atoms with E-state index in [9.17, 15) is 9.59 Å². The molecule has 0 aliphatic heterocycles. The summed E-state index contributed by atoms with van der Waals surface area (Å²) in [5.41, 5.74) is 5.18. The van der Waals surface area contributed by atoms with Crippen LogP contribution < -0.4 is 10.6 Å². The van der Waals surface area contributed by atoms with Gasteiger partial charge in [-0.25, -0.2) is 0 Å². The number of amides is 2. The number of fused-ring (bicyclic) bond motifs is 2. The molecule has 5 nitrogen and oxygen atoms in total. The lowest BCUT2D eigenvalue weighted by molar-refractivity contribution is -0.115. The Morgan fingerprint density at radius 1 is 1.14 bits per heavy atom. The van der Waals surface area contributed by atoms with E-state index >= 15 is 0 Å². The van der Waals surface area contributed by atoms with E-state index in [1.54, 1.807) is 0 Å². The predicted molar refractivity (Wildman–Crippen MR) is 114 cm³/mol. The van der Waals surface area contributed by atoms with E-state index in [2.05, 4.69) is 26.6 Å². The first kappa shape index (κ1) is 18.6. The Morgan fingerprint density at radius 3 is 2.79 bits per heavy atom. The number of nitrogens with one attached hydrogen (secondary N) is 2. The van der Waals surface area contributed by atoms with Crippen LogP contribution in [0.2, 0.25) is 0 Å². The van der Waals surface area contributed by atoms with Crippen LogP contribution in [0.3, 0.4) is 0 Å². The van der Waals surface area contributed by atoms with Crippen molar-refractivity contribution in [2.24, 2.45) is 0 Å². The summed E-state index contributed by atoms with van der Waals surface area (Å²) in [6.07, 6.45) is 2.74. The summed E-state index contributed by atoms with van der Waals surface area (Å²) in [6.45, 7) is 1.84. The lowest BCUT2D eigenvalue weighted by Gasteiger charge is -2.13. The Bertz CT molecular complexity index is 1090.